The smallest absolute Gasteiger partial charge is 0.262 e. The lowest BCUT2D eigenvalue weighted by molar-refractivity contribution is 0.311. The Morgan fingerprint density at radius 1 is 1.16 bits per heavy atom. The van der Waals surface area contributed by atoms with Crippen LogP contribution in [0.1, 0.15) is 0 Å². The third-order valence-electron chi connectivity index (χ3n) is 4.21. The number of likely N-dealkylation sites (N-methyl/N-ethyl adjacent to an activating group) is 1. The zero-order valence-corrected chi connectivity index (χ0v) is 14.5. The fourth-order valence-corrected chi connectivity index (χ4v) is 3.97. The number of para-hydroxylation sites is 1. The van der Waals surface area contributed by atoms with Crippen molar-refractivity contribution in [3.63, 3.8) is 0 Å². The van der Waals surface area contributed by atoms with Crippen molar-refractivity contribution in [2.75, 3.05) is 29.8 Å². The minimum Gasteiger partial charge on any atom is -0.490 e. The van der Waals surface area contributed by atoms with E-state index in [-0.39, 0.29) is 4.90 Å². The molecule has 0 fully saturated rings. The first kappa shape index (κ1) is 15.7. The molecule has 3 aromatic rings. The van der Waals surface area contributed by atoms with E-state index in [1.54, 1.807) is 36.5 Å². The zero-order valence-electron chi connectivity index (χ0n) is 13.6. The normalized spacial score (nSPS) is 14.0. The number of fused-ring (bicyclic) bond motifs is 2. The van der Waals surface area contributed by atoms with E-state index in [4.69, 9.17) is 4.74 Å². The fraction of sp³-hybridized carbons (Fsp3) is 0.167. The second kappa shape index (κ2) is 5.93. The molecule has 0 spiro atoms. The van der Waals surface area contributed by atoms with Gasteiger partial charge in [0, 0.05) is 18.6 Å². The Balaban J connectivity index is 1.74. The number of hydrogen-bond donors (Lipinski definition) is 1. The highest BCUT2D eigenvalue weighted by molar-refractivity contribution is 7.92. The summed E-state index contributed by atoms with van der Waals surface area (Å²) in [6, 6.07) is 14.0. The molecule has 0 amide bonds. The van der Waals surface area contributed by atoms with E-state index < -0.39 is 10.0 Å². The number of aromatic nitrogens is 1. The van der Waals surface area contributed by atoms with Gasteiger partial charge in [-0.1, -0.05) is 18.2 Å². The molecule has 4 rings (SSSR count). The molecule has 0 radical (unpaired) electrons. The summed E-state index contributed by atoms with van der Waals surface area (Å²) in [6.07, 6.45) is 1.64. The summed E-state index contributed by atoms with van der Waals surface area (Å²) in [5.41, 5.74) is 1.84. The van der Waals surface area contributed by atoms with Gasteiger partial charge in [-0.25, -0.2) is 8.42 Å². The molecule has 1 N–H and O–H groups in total. The van der Waals surface area contributed by atoms with Crippen LogP contribution in [0, 0.1) is 0 Å². The van der Waals surface area contributed by atoms with Gasteiger partial charge in [0.05, 0.1) is 28.3 Å². The van der Waals surface area contributed by atoms with Gasteiger partial charge in [-0.3, -0.25) is 9.71 Å². The van der Waals surface area contributed by atoms with E-state index in [1.807, 2.05) is 30.1 Å². The second-order valence-electron chi connectivity index (χ2n) is 5.89. The average molecular weight is 355 g/mol. The first-order valence-corrected chi connectivity index (χ1v) is 9.37. The molecule has 0 saturated heterocycles. The van der Waals surface area contributed by atoms with Gasteiger partial charge in [0.15, 0.2) is 0 Å². The molecule has 0 bridgehead atoms. The van der Waals surface area contributed by atoms with Crippen molar-refractivity contribution in [1.29, 1.82) is 0 Å². The molecule has 6 nitrogen and oxygen atoms in total. The summed E-state index contributed by atoms with van der Waals surface area (Å²) in [5, 5.41) is 0.876. The van der Waals surface area contributed by atoms with Crippen molar-refractivity contribution >= 4 is 32.3 Å². The van der Waals surface area contributed by atoms with E-state index in [1.165, 1.54) is 0 Å². The first-order valence-electron chi connectivity index (χ1n) is 7.89. The molecular weight excluding hydrogens is 338 g/mol. The number of nitrogens with one attached hydrogen (secondary N) is 1. The van der Waals surface area contributed by atoms with E-state index in [0.29, 0.717) is 23.6 Å². The number of anilines is 2. The van der Waals surface area contributed by atoms with Crippen molar-refractivity contribution < 1.29 is 13.2 Å². The van der Waals surface area contributed by atoms with Crippen molar-refractivity contribution in [2.24, 2.45) is 0 Å². The van der Waals surface area contributed by atoms with Crippen LogP contribution in [0.5, 0.6) is 5.75 Å². The van der Waals surface area contributed by atoms with Crippen molar-refractivity contribution in [3.05, 3.63) is 54.7 Å². The Hall–Kier alpha value is -2.80. The molecule has 0 aliphatic carbocycles. The van der Waals surface area contributed by atoms with E-state index in [0.717, 1.165) is 17.6 Å². The molecule has 2 aromatic carbocycles. The van der Waals surface area contributed by atoms with Crippen LogP contribution in [-0.2, 0) is 10.0 Å². The predicted octanol–water partition coefficient (Wildman–Crippen LogP) is 2.86. The van der Waals surface area contributed by atoms with Gasteiger partial charge in [0.25, 0.3) is 10.0 Å². The number of benzene rings is 2. The molecule has 25 heavy (non-hydrogen) atoms. The summed E-state index contributed by atoms with van der Waals surface area (Å²) in [4.78, 5) is 6.46. The molecular formula is C18H17N3O3S. The number of nitrogens with zero attached hydrogens (tertiary/aromatic N) is 2. The minimum absolute atomic E-state index is 0.191. The fourth-order valence-electron chi connectivity index (χ4n) is 2.89. The topological polar surface area (TPSA) is 71.5 Å². The van der Waals surface area contributed by atoms with E-state index in [9.17, 15) is 8.42 Å². The Bertz CT molecular complexity index is 1050. The molecule has 0 atom stereocenters. The lowest BCUT2D eigenvalue weighted by Crippen LogP contribution is -2.29. The standard InChI is InChI=1S/C18H17N3O3S/c1-21-10-11-24-17-8-7-14(12-16(17)21)25(22,23)20-15-6-2-4-13-5-3-9-19-18(13)15/h2-9,12,20H,10-11H2,1H3. The third-order valence-corrected chi connectivity index (χ3v) is 5.58. The molecule has 7 heteroatoms. The van der Waals surface area contributed by atoms with Gasteiger partial charge in [0.2, 0.25) is 0 Å². The summed E-state index contributed by atoms with van der Waals surface area (Å²) < 4.78 is 33.9. The van der Waals surface area contributed by atoms with Crippen molar-refractivity contribution in [3.8, 4) is 5.75 Å². The highest BCUT2D eigenvalue weighted by atomic mass is 32.2. The second-order valence-corrected chi connectivity index (χ2v) is 7.57. The van der Waals surface area contributed by atoms with Gasteiger partial charge >= 0.3 is 0 Å². The highest BCUT2D eigenvalue weighted by Gasteiger charge is 2.21. The van der Waals surface area contributed by atoms with Crippen LogP contribution >= 0.6 is 0 Å². The Morgan fingerprint density at radius 3 is 2.88 bits per heavy atom. The number of ether oxygens (including phenoxy) is 1. The maximum Gasteiger partial charge on any atom is 0.262 e. The van der Waals surface area contributed by atoms with Crippen LogP contribution in [0.25, 0.3) is 10.9 Å². The van der Waals surface area contributed by atoms with Crippen molar-refractivity contribution in [2.45, 2.75) is 4.90 Å². The van der Waals surface area contributed by atoms with Crippen LogP contribution in [0.4, 0.5) is 11.4 Å². The molecule has 1 aliphatic heterocycles. The highest BCUT2D eigenvalue weighted by Crippen LogP contribution is 2.33. The number of pyridine rings is 1. The van der Waals surface area contributed by atoms with Gasteiger partial charge < -0.3 is 9.64 Å². The Morgan fingerprint density at radius 2 is 2.00 bits per heavy atom. The monoisotopic (exact) mass is 355 g/mol. The van der Waals surface area contributed by atoms with E-state index >= 15 is 0 Å². The van der Waals surface area contributed by atoms with Crippen LogP contribution in [-0.4, -0.2) is 33.6 Å². The Kier molecular flexibility index (Phi) is 3.73. The predicted molar refractivity (Wildman–Crippen MR) is 97.8 cm³/mol. The number of hydrogen-bond acceptors (Lipinski definition) is 5. The van der Waals surface area contributed by atoms with Crippen LogP contribution in [0.3, 0.4) is 0 Å². The van der Waals surface area contributed by atoms with Crippen LogP contribution in [0.15, 0.2) is 59.6 Å². The average Bonchev–Trinajstić information content (AvgIpc) is 2.62. The Labute approximate surface area is 146 Å². The molecule has 1 aliphatic rings. The van der Waals surface area contributed by atoms with Gasteiger partial charge in [0.1, 0.15) is 12.4 Å². The number of sulfonamides is 1. The number of rotatable bonds is 3. The molecule has 1 aromatic heterocycles. The van der Waals surface area contributed by atoms with Crippen LogP contribution in [0.2, 0.25) is 0 Å². The summed E-state index contributed by atoms with van der Waals surface area (Å²) in [7, 11) is -1.82. The van der Waals surface area contributed by atoms with Crippen molar-refractivity contribution in [1.82, 2.24) is 4.98 Å². The quantitative estimate of drug-likeness (QED) is 0.782. The third kappa shape index (κ3) is 2.87. The molecule has 0 saturated carbocycles. The minimum atomic E-state index is -3.73. The summed E-state index contributed by atoms with van der Waals surface area (Å²) >= 11 is 0. The van der Waals surface area contributed by atoms with E-state index in [2.05, 4.69) is 9.71 Å². The molecule has 2 heterocycles. The van der Waals surface area contributed by atoms with Gasteiger partial charge in [-0.05, 0) is 30.3 Å². The first-order chi connectivity index (χ1) is 12.0. The zero-order chi connectivity index (χ0) is 17.4. The molecule has 128 valence electrons. The lowest BCUT2D eigenvalue weighted by Gasteiger charge is -2.28. The van der Waals surface area contributed by atoms with Crippen LogP contribution < -0.4 is 14.4 Å². The molecule has 0 unspecified atom stereocenters. The summed E-state index contributed by atoms with van der Waals surface area (Å²) in [6.45, 7) is 1.31. The maximum atomic E-state index is 12.8. The largest absolute Gasteiger partial charge is 0.490 e. The SMILES string of the molecule is CN1CCOc2ccc(S(=O)(=O)Nc3cccc4cccnc34)cc21. The van der Waals surface area contributed by atoms with Gasteiger partial charge in [-0.2, -0.15) is 0 Å². The van der Waals surface area contributed by atoms with Gasteiger partial charge in [-0.15, -0.1) is 0 Å². The maximum absolute atomic E-state index is 12.8. The lowest BCUT2D eigenvalue weighted by atomic mass is 10.2. The summed E-state index contributed by atoms with van der Waals surface area (Å²) in [5.74, 6) is 0.694.